The maximum atomic E-state index is 12.2. The van der Waals surface area contributed by atoms with Crippen LogP contribution in [0.5, 0.6) is 0 Å². The average molecular weight is 271 g/mol. The van der Waals surface area contributed by atoms with Crippen LogP contribution < -0.4 is 16.2 Å². The molecule has 2 unspecified atom stereocenters. The second-order valence-electron chi connectivity index (χ2n) is 5.78. The molecule has 0 bridgehead atoms. The van der Waals surface area contributed by atoms with Crippen molar-refractivity contribution in [2.24, 2.45) is 11.7 Å². The summed E-state index contributed by atoms with van der Waals surface area (Å²) in [5.74, 6) is 1.41. The predicted molar refractivity (Wildman–Crippen MR) is 83.2 cm³/mol. The lowest BCUT2D eigenvalue weighted by atomic mass is 9.92. The zero-order chi connectivity index (χ0) is 14.1. The van der Waals surface area contributed by atoms with Gasteiger partial charge in [0.1, 0.15) is 5.82 Å². The summed E-state index contributed by atoms with van der Waals surface area (Å²) in [6.45, 7) is 3.97. The van der Waals surface area contributed by atoms with E-state index in [1.807, 2.05) is 24.3 Å². The zero-order valence-corrected chi connectivity index (χ0v) is 11.8. The number of fused-ring (bicyclic) bond motifs is 1. The number of aromatic amines is 1. The summed E-state index contributed by atoms with van der Waals surface area (Å²) in [6.07, 6.45) is 2.30. The molecule has 1 aromatic carbocycles. The Morgan fingerprint density at radius 3 is 3.00 bits per heavy atom. The number of nitrogens with one attached hydrogen (secondary N) is 1. The molecule has 3 N–H and O–H groups in total. The van der Waals surface area contributed by atoms with Crippen molar-refractivity contribution in [3.8, 4) is 0 Å². The number of benzene rings is 1. The Bertz CT molecular complexity index is 662. The van der Waals surface area contributed by atoms with Gasteiger partial charge in [0.2, 0.25) is 0 Å². The molecule has 1 aliphatic heterocycles. The lowest BCUT2D eigenvalue weighted by Gasteiger charge is -2.35. The van der Waals surface area contributed by atoms with Crippen LogP contribution in [0, 0.1) is 5.92 Å². The minimum Gasteiger partial charge on any atom is -0.358 e. The molecule has 0 spiro atoms. The molecule has 4 nitrogen and oxygen atoms in total. The van der Waals surface area contributed by atoms with Crippen molar-refractivity contribution < 1.29 is 0 Å². The first-order valence-corrected chi connectivity index (χ1v) is 7.28. The number of nitrogens with two attached hydrogens (primary N) is 1. The van der Waals surface area contributed by atoms with Crippen LogP contribution in [0.4, 0.5) is 5.82 Å². The first-order valence-electron chi connectivity index (χ1n) is 7.28. The second-order valence-corrected chi connectivity index (χ2v) is 5.78. The van der Waals surface area contributed by atoms with Crippen LogP contribution in [0.15, 0.2) is 35.1 Å². The highest BCUT2D eigenvalue weighted by molar-refractivity contribution is 5.83. The summed E-state index contributed by atoms with van der Waals surface area (Å²) in [5.41, 5.74) is 6.02. The molecule has 0 saturated carbocycles. The monoisotopic (exact) mass is 271 g/mol. The third-order valence-electron chi connectivity index (χ3n) is 4.28. The van der Waals surface area contributed by atoms with Crippen molar-refractivity contribution in [2.75, 3.05) is 18.0 Å². The fourth-order valence-electron chi connectivity index (χ4n) is 3.02. The highest BCUT2D eigenvalue weighted by Crippen LogP contribution is 2.24. The van der Waals surface area contributed by atoms with Crippen LogP contribution in [-0.2, 0) is 0 Å². The third kappa shape index (κ3) is 2.43. The van der Waals surface area contributed by atoms with E-state index in [0.717, 1.165) is 36.1 Å². The van der Waals surface area contributed by atoms with Gasteiger partial charge in [-0.2, -0.15) is 0 Å². The highest BCUT2D eigenvalue weighted by atomic mass is 16.1. The molecule has 1 saturated heterocycles. The minimum absolute atomic E-state index is 0.0129. The summed E-state index contributed by atoms with van der Waals surface area (Å²) in [4.78, 5) is 17.4. The standard InChI is InChI=1S/C16H21N3O/c1-11(17)13-6-4-8-19(10-13)15-9-12-5-2-3-7-14(12)16(20)18-15/h2-3,5,7,9,11,13H,4,6,8,10,17H2,1H3,(H,18,20). The van der Waals surface area contributed by atoms with Crippen LogP contribution in [0.1, 0.15) is 19.8 Å². The topological polar surface area (TPSA) is 62.1 Å². The molecule has 1 fully saturated rings. The molecule has 0 amide bonds. The fourth-order valence-corrected chi connectivity index (χ4v) is 3.02. The lowest BCUT2D eigenvalue weighted by molar-refractivity contribution is 0.363. The molecule has 2 heterocycles. The maximum absolute atomic E-state index is 12.2. The Kier molecular flexibility index (Phi) is 3.49. The van der Waals surface area contributed by atoms with E-state index < -0.39 is 0 Å². The van der Waals surface area contributed by atoms with Crippen LogP contribution in [-0.4, -0.2) is 24.1 Å². The molecule has 106 valence electrons. The smallest absolute Gasteiger partial charge is 0.257 e. The van der Waals surface area contributed by atoms with Gasteiger partial charge in [-0.1, -0.05) is 18.2 Å². The van der Waals surface area contributed by atoms with Gasteiger partial charge in [-0.3, -0.25) is 4.79 Å². The zero-order valence-electron chi connectivity index (χ0n) is 11.8. The van der Waals surface area contributed by atoms with Crippen molar-refractivity contribution in [3.05, 3.63) is 40.7 Å². The van der Waals surface area contributed by atoms with E-state index in [0.29, 0.717) is 5.92 Å². The van der Waals surface area contributed by atoms with Crippen LogP contribution in [0.2, 0.25) is 0 Å². The van der Waals surface area contributed by atoms with Crippen molar-refractivity contribution in [2.45, 2.75) is 25.8 Å². The van der Waals surface area contributed by atoms with E-state index in [2.05, 4.69) is 22.9 Å². The quantitative estimate of drug-likeness (QED) is 0.879. The van der Waals surface area contributed by atoms with Gasteiger partial charge >= 0.3 is 0 Å². The Hall–Kier alpha value is -1.81. The molecule has 4 heteroatoms. The van der Waals surface area contributed by atoms with Crippen molar-refractivity contribution in [3.63, 3.8) is 0 Å². The predicted octanol–water partition coefficient (Wildman–Crippen LogP) is 2.09. The normalized spacial score (nSPS) is 21.1. The average Bonchev–Trinajstić information content (AvgIpc) is 2.47. The van der Waals surface area contributed by atoms with Gasteiger partial charge in [-0.25, -0.2) is 0 Å². The van der Waals surface area contributed by atoms with Crippen molar-refractivity contribution in [1.29, 1.82) is 0 Å². The Morgan fingerprint density at radius 2 is 2.20 bits per heavy atom. The SMILES string of the molecule is CC(N)C1CCCN(c2cc3ccccc3c(=O)[nH]2)C1. The van der Waals surface area contributed by atoms with E-state index in [1.165, 1.54) is 6.42 Å². The molecular weight excluding hydrogens is 250 g/mol. The molecule has 0 aliphatic carbocycles. The Morgan fingerprint density at radius 1 is 1.40 bits per heavy atom. The van der Waals surface area contributed by atoms with Crippen LogP contribution in [0.3, 0.4) is 0 Å². The number of aromatic nitrogens is 1. The van der Waals surface area contributed by atoms with Crippen LogP contribution >= 0.6 is 0 Å². The summed E-state index contributed by atoms with van der Waals surface area (Å²) in [5, 5.41) is 1.74. The van der Waals surface area contributed by atoms with Crippen LogP contribution in [0.25, 0.3) is 10.8 Å². The van der Waals surface area contributed by atoms with Crippen molar-refractivity contribution >= 4 is 16.6 Å². The van der Waals surface area contributed by atoms with Gasteiger partial charge in [0.25, 0.3) is 5.56 Å². The van der Waals surface area contributed by atoms with Gasteiger partial charge in [-0.15, -0.1) is 0 Å². The molecule has 1 aromatic heterocycles. The first kappa shape index (κ1) is 13.2. The fraction of sp³-hybridized carbons (Fsp3) is 0.438. The van der Waals surface area contributed by atoms with E-state index in [-0.39, 0.29) is 11.6 Å². The molecule has 2 aromatic rings. The number of hydrogen-bond donors (Lipinski definition) is 2. The number of piperidine rings is 1. The summed E-state index contributed by atoms with van der Waals surface area (Å²) in [7, 11) is 0. The highest BCUT2D eigenvalue weighted by Gasteiger charge is 2.23. The van der Waals surface area contributed by atoms with Gasteiger partial charge in [0.15, 0.2) is 0 Å². The van der Waals surface area contributed by atoms with Gasteiger partial charge < -0.3 is 15.6 Å². The van der Waals surface area contributed by atoms with Gasteiger partial charge in [0.05, 0.1) is 0 Å². The van der Waals surface area contributed by atoms with Gasteiger partial charge in [-0.05, 0) is 43.2 Å². The largest absolute Gasteiger partial charge is 0.358 e. The Labute approximate surface area is 118 Å². The number of hydrogen-bond acceptors (Lipinski definition) is 3. The number of nitrogens with zero attached hydrogens (tertiary/aromatic N) is 1. The van der Waals surface area contributed by atoms with E-state index >= 15 is 0 Å². The molecule has 20 heavy (non-hydrogen) atoms. The lowest BCUT2D eigenvalue weighted by Crippen LogP contribution is -2.43. The number of pyridine rings is 1. The van der Waals surface area contributed by atoms with E-state index in [4.69, 9.17) is 5.73 Å². The summed E-state index contributed by atoms with van der Waals surface area (Å²) >= 11 is 0. The first-order chi connectivity index (χ1) is 9.65. The van der Waals surface area contributed by atoms with E-state index in [9.17, 15) is 4.79 Å². The molecular formula is C16H21N3O. The minimum atomic E-state index is -0.0129. The van der Waals surface area contributed by atoms with E-state index in [1.54, 1.807) is 0 Å². The molecule has 3 rings (SSSR count). The number of H-pyrrole nitrogens is 1. The molecule has 2 atom stereocenters. The maximum Gasteiger partial charge on any atom is 0.257 e. The molecule has 1 aliphatic rings. The Balaban J connectivity index is 1.96. The molecule has 0 radical (unpaired) electrons. The third-order valence-corrected chi connectivity index (χ3v) is 4.28. The number of rotatable bonds is 2. The summed E-state index contributed by atoms with van der Waals surface area (Å²) < 4.78 is 0. The second kappa shape index (κ2) is 5.29. The van der Waals surface area contributed by atoms with Gasteiger partial charge in [0, 0.05) is 24.5 Å². The number of anilines is 1. The summed E-state index contributed by atoms with van der Waals surface area (Å²) in [6, 6.07) is 9.97. The van der Waals surface area contributed by atoms with Crippen molar-refractivity contribution in [1.82, 2.24) is 4.98 Å².